The number of hydrogen-bond acceptors (Lipinski definition) is 7. The average Bonchev–Trinajstić information content (AvgIpc) is 3.37. The molecular weight excluding hydrogens is 412 g/mol. The normalized spacial score (nSPS) is 24.8. The van der Waals surface area contributed by atoms with Crippen molar-refractivity contribution in [2.45, 2.75) is 37.3 Å². The number of carboxylic acid groups (broad SMARTS) is 1. The average molecular weight is 433 g/mol. The fraction of sp³-hybridized carbons (Fsp3) is 0.286. The fourth-order valence-corrected chi connectivity index (χ4v) is 4.98. The molecule has 2 heterocycles. The van der Waals surface area contributed by atoms with Gasteiger partial charge in [-0.05, 0) is 46.0 Å². The summed E-state index contributed by atoms with van der Waals surface area (Å²) >= 11 is 3.06. The van der Waals surface area contributed by atoms with Crippen LogP contribution in [0.1, 0.15) is 16.9 Å². The molecule has 0 aliphatic heterocycles. The van der Waals surface area contributed by atoms with Crippen LogP contribution in [-0.4, -0.2) is 44.2 Å². The summed E-state index contributed by atoms with van der Waals surface area (Å²) in [6, 6.07) is 11.4. The highest BCUT2D eigenvalue weighted by molar-refractivity contribution is 7.17. The van der Waals surface area contributed by atoms with Crippen LogP contribution in [0.2, 0.25) is 0 Å². The van der Waals surface area contributed by atoms with Gasteiger partial charge < -0.3 is 25.2 Å². The lowest BCUT2D eigenvalue weighted by Gasteiger charge is -2.38. The molecule has 0 saturated carbocycles. The number of fused-ring (bicyclic) bond motifs is 1. The molecule has 0 radical (unpaired) electrons. The highest BCUT2D eigenvalue weighted by atomic mass is 32.1. The van der Waals surface area contributed by atoms with E-state index in [0.717, 1.165) is 20.5 Å². The lowest BCUT2D eigenvalue weighted by molar-refractivity contribution is -0.162. The van der Waals surface area contributed by atoms with Gasteiger partial charge in [0.05, 0.1) is 6.10 Å². The lowest BCUT2D eigenvalue weighted by Crippen LogP contribution is -2.52. The van der Waals surface area contributed by atoms with E-state index in [9.17, 15) is 25.2 Å². The minimum Gasteiger partial charge on any atom is -0.489 e. The van der Waals surface area contributed by atoms with E-state index in [2.05, 4.69) is 0 Å². The van der Waals surface area contributed by atoms with Crippen LogP contribution in [0.4, 0.5) is 0 Å². The monoisotopic (exact) mass is 432 g/mol. The number of aliphatic hydroxyl groups is 3. The van der Waals surface area contributed by atoms with Crippen LogP contribution in [0.5, 0.6) is 0 Å². The third-order valence-electron chi connectivity index (χ3n) is 5.14. The zero-order valence-corrected chi connectivity index (χ0v) is 16.9. The summed E-state index contributed by atoms with van der Waals surface area (Å²) in [5.74, 6) is -1.56. The van der Waals surface area contributed by atoms with E-state index in [4.69, 9.17) is 4.74 Å². The Kier molecular flexibility index (Phi) is 5.46. The number of ether oxygens (including phenoxy) is 1. The van der Waals surface area contributed by atoms with E-state index in [1.54, 1.807) is 11.3 Å². The second-order valence-electron chi connectivity index (χ2n) is 7.06. The van der Waals surface area contributed by atoms with Crippen molar-refractivity contribution in [2.24, 2.45) is 0 Å². The molecule has 6 nitrogen and oxygen atoms in total. The van der Waals surface area contributed by atoms with Gasteiger partial charge in [-0.1, -0.05) is 12.1 Å². The minimum atomic E-state index is -2.33. The molecule has 0 saturated heterocycles. The van der Waals surface area contributed by atoms with Gasteiger partial charge in [0, 0.05) is 28.0 Å². The van der Waals surface area contributed by atoms with E-state index in [0.29, 0.717) is 0 Å². The van der Waals surface area contributed by atoms with Crippen LogP contribution in [0.15, 0.2) is 58.5 Å². The second-order valence-corrected chi connectivity index (χ2v) is 9.04. The molecule has 0 spiro atoms. The molecule has 8 heteroatoms. The molecule has 4 N–H and O–H groups in total. The van der Waals surface area contributed by atoms with Crippen LogP contribution in [0, 0.1) is 0 Å². The molecule has 1 aliphatic rings. The van der Waals surface area contributed by atoms with Crippen molar-refractivity contribution in [3.63, 3.8) is 0 Å². The first-order chi connectivity index (χ1) is 13.9. The smallest absolute Gasteiger partial charge is 0.340 e. The quantitative estimate of drug-likeness (QED) is 0.477. The van der Waals surface area contributed by atoms with Crippen molar-refractivity contribution in [2.75, 3.05) is 0 Å². The zero-order chi connectivity index (χ0) is 20.6. The van der Waals surface area contributed by atoms with Gasteiger partial charge in [-0.3, -0.25) is 0 Å². The van der Waals surface area contributed by atoms with Crippen LogP contribution >= 0.6 is 22.7 Å². The van der Waals surface area contributed by atoms with Crippen LogP contribution in [0.25, 0.3) is 10.1 Å². The number of thiophene rings is 2. The molecule has 0 bridgehead atoms. The molecule has 4 rings (SSSR count). The summed E-state index contributed by atoms with van der Waals surface area (Å²) in [7, 11) is 0. The van der Waals surface area contributed by atoms with E-state index in [-0.39, 0.29) is 24.4 Å². The van der Waals surface area contributed by atoms with Gasteiger partial charge in [0.2, 0.25) is 0 Å². The number of rotatable bonds is 6. The highest BCUT2D eigenvalue weighted by Crippen LogP contribution is 2.38. The molecule has 0 unspecified atom stereocenters. The predicted octanol–water partition coefficient (Wildman–Crippen LogP) is 2.92. The molecule has 152 valence electrons. The maximum absolute atomic E-state index is 11.9. The minimum absolute atomic E-state index is 0.0638. The Morgan fingerprint density at radius 2 is 2.00 bits per heavy atom. The van der Waals surface area contributed by atoms with E-state index >= 15 is 0 Å². The summed E-state index contributed by atoms with van der Waals surface area (Å²) < 4.78 is 6.87. The first-order valence-electron chi connectivity index (χ1n) is 9.05. The van der Waals surface area contributed by atoms with Crippen LogP contribution < -0.4 is 0 Å². The van der Waals surface area contributed by atoms with Crippen LogP contribution in [0.3, 0.4) is 0 Å². The predicted molar refractivity (Wildman–Crippen MR) is 111 cm³/mol. The molecule has 3 aromatic rings. The maximum atomic E-state index is 11.9. The summed E-state index contributed by atoms with van der Waals surface area (Å²) in [6.07, 6.45) is -3.28. The molecule has 1 aromatic carbocycles. The Morgan fingerprint density at radius 3 is 2.72 bits per heavy atom. The number of carboxylic acids is 1. The topological polar surface area (TPSA) is 107 Å². The van der Waals surface area contributed by atoms with E-state index in [1.165, 1.54) is 11.3 Å². The summed E-state index contributed by atoms with van der Waals surface area (Å²) in [4.78, 5) is 12.8. The Labute approximate surface area is 174 Å². The van der Waals surface area contributed by atoms with Gasteiger partial charge in [0.15, 0.2) is 5.60 Å². The summed E-state index contributed by atoms with van der Waals surface area (Å²) in [5.41, 5.74) is -1.48. The number of benzene rings is 1. The van der Waals surface area contributed by atoms with Gasteiger partial charge in [0.1, 0.15) is 18.5 Å². The van der Waals surface area contributed by atoms with Gasteiger partial charge in [0.25, 0.3) is 0 Å². The van der Waals surface area contributed by atoms with Crippen molar-refractivity contribution < 1.29 is 30.0 Å². The van der Waals surface area contributed by atoms with Crippen molar-refractivity contribution in [1.82, 2.24) is 0 Å². The Morgan fingerprint density at radius 1 is 1.17 bits per heavy atom. The van der Waals surface area contributed by atoms with Crippen molar-refractivity contribution in [1.29, 1.82) is 0 Å². The zero-order valence-electron chi connectivity index (χ0n) is 15.3. The molecule has 29 heavy (non-hydrogen) atoms. The van der Waals surface area contributed by atoms with Crippen LogP contribution in [-0.2, 0) is 22.6 Å². The van der Waals surface area contributed by atoms with E-state index in [1.807, 2.05) is 47.2 Å². The van der Waals surface area contributed by atoms with Gasteiger partial charge in [-0.25, -0.2) is 4.79 Å². The van der Waals surface area contributed by atoms with Crippen molar-refractivity contribution in [3.8, 4) is 0 Å². The number of carbonyl (C=O) groups is 1. The third-order valence-corrected chi connectivity index (χ3v) is 6.88. The number of hydrogen-bond donors (Lipinski definition) is 4. The highest BCUT2D eigenvalue weighted by Gasteiger charge is 2.50. The lowest BCUT2D eigenvalue weighted by atomic mass is 9.76. The van der Waals surface area contributed by atoms with E-state index < -0.39 is 30.2 Å². The van der Waals surface area contributed by atoms with Gasteiger partial charge in [-0.15, -0.1) is 22.7 Å². The molecule has 2 aromatic heterocycles. The molecule has 1 aliphatic carbocycles. The molecule has 3 atom stereocenters. The van der Waals surface area contributed by atoms with Gasteiger partial charge in [-0.2, -0.15) is 0 Å². The Hall–Kier alpha value is -2.23. The molecule has 0 fully saturated rings. The number of aliphatic carboxylic acids is 1. The third kappa shape index (κ3) is 3.82. The Bertz CT molecular complexity index is 1050. The van der Waals surface area contributed by atoms with Crippen molar-refractivity contribution >= 4 is 38.7 Å². The van der Waals surface area contributed by atoms with Crippen molar-refractivity contribution in [3.05, 3.63) is 68.9 Å². The molecular formula is C21H20O6S2. The maximum Gasteiger partial charge on any atom is 0.340 e. The molecule has 0 amide bonds. The SMILES string of the molecule is O=C(O)[C@@]1(O)C[C@@H](O)[C@H](O)C(OCc2cccs2)=C1Cc1ccc2sccc2c1. The summed E-state index contributed by atoms with van der Waals surface area (Å²) in [6.45, 7) is 0.111. The first kappa shape index (κ1) is 20.1. The Balaban J connectivity index is 1.76. The first-order valence-corrected chi connectivity index (χ1v) is 10.8. The standard InChI is InChI=1S/C21H20O6S2/c22-16-10-21(26,20(24)25)15(9-12-3-4-17-13(8-12)5-7-29-17)19(18(16)23)27-11-14-2-1-6-28-14/h1-8,16,18,22-23,26H,9-11H2,(H,24,25)/t16-,18+,21-/m1/s1. The fourth-order valence-electron chi connectivity index (χ4n) is 3.59. The summed E-state index contributed by atoms with van der Waals surface area (Å²) in [5, 5.41) is 46.3. The second kappa shape index (κ2) is 7.89. The largest absolute Gasteiger partial charge is 0.489 e. The van der Waals surface area contributed by atoms with Gasteiger partial charge >= 0.3 is 5.97 Å². The number of aliphatic hydroxyl groups excluding tert-OH is 2.